The Bertz CT molecular complexity index is 453. The topological polar surface area (TPSA) is 24.5 Å². The van der Waals surface area contributed by atoms with E-state index < -0.39 is 11.6 Å². The van der Waals surface area contributed by atoms with Crippen molar-refractivity contribution in [3.63, 3.8) is 0 Å². The molecule has 0 spiro atoms. The molecule has 2 rings (SSSR count). The molecule has 1 fully saturated rings. The zero-order chi connectivity index (χ0) is 14.7. The van der Waals surface area contributed by atoms with Gasteiger partial charge in [0.1, 0.15) is 11.6 Å². The van der Waals surface area contributed by atoms with Crippen molar-refractivity contribution in [3.8, 4) is 0 Å². The van der Waals surface area contributed by atoms with Crippen LogP contribution in [0.2, 0.25) is 0 Å². The summed E-state index contributed by atoms with van der Waals surface area (Å²) >= 11 is 0. The molecule has 112 valence electrons. The van der Waals surface area contributed by atoms with Gasteiger partial charge < -0.3 is 10.1 Å². The molecule has 2 atom stereocenters. The molecule has 5 heteroatoms. The van der Waals surface area contributed by atoms with Crippen LogP contribution in [0.15, 0.2) is 18.2 Å². The lowest BCUT2D eigenvalue weighted by Gasteiger charge is -2.40. The summed E-state index contributed by atoms with van der Waals surface area (Å²) in [6.45, 7) is 6.11. The molecule has 1 aliphatic heterocycles. The lowest BCUT2D eigenvalue weighted by Crippen LogP contribution is -2.48. The number of nitrogens with zero attached hydrogens (tertiary/aromatic N) is 1. The lowest BCUT2D eigenvalue weighted by atomic mass is 9.97. The average Bonchev–Trinajstić information content (AvgIpc) is 2.37. The van der Waals surface area contributed by atoms with Crippen LogP contribution in [0, 0.1) is 11.6 Å². The number of hydrogen-bond acceptors (Lipinski definition) is 3. The Morgan fingerprint density at radius 2 is 2.15 bits per heavy atom. The molecule has 0 amide bonds. The van der Waals surface area contributed by atoms with Gasteiger partial charge in [0.2, 0.25) is 0 Å². The highest BCUT2D eigenvalue weighted by Gasteiger charge is 2.33. The molecule has 1 saturated heterocycles. The number of morpholine rings is 1. The summed E-state index contributed by atoms with van der Waals surface area (Å²) < 4.78 is 32.9. The van der Waals surface area contributed by atoms with E-state index in [9.17, 15) is 8.78 Å². The van der Waals surface area contributed by atoms with Crippen molar-refractivity contribution in [1.82, 2.24) is 10.2 Å². The first-order chi connectivity index (χ1) is 9.49. The van der Waals surface area contributed by atoms with E-state index in [2.05, 4.69) is 24.1 Å². The highest BCUT2D eigenvalue weighted by atomic mass is 19.1. The Morgan fingerprint density at radius 3 is 2.80 bits per heavy atom. The Labute approximate surface area is 118 Å². The maximum absolute atomic E-state index is 14.0. The molecule has 0 bridgehead atoms. The first kappa shape index (κ1) is 15.4. The van der Waals surface area contributed by atoms with Gasteiger partial charge in [-0.2, -0.15) is 0 Å². The summed E-state index contributed by atoms with van der Waals surface area (Å²) in [5.41, 5.74) is 0.490. The van der Waals surface area contributed by atoms with Crippen LogP contribution in [-0.4, -0.2) is 43.8 Å². The second-order valence-electron chi connectivity index (χ2n) is 5.56. The van der Waals surface area contributed by atoms with E-state index in [0.717, 1.165) is 12.6 Å². The van der Waals surface area contributed by atoms with Gasteiger partial charge in [-0.3, -0.25) is 4.90 Å². The lowest BCUT2D eigenvalue weighted by molar-refractivity contribution is -0.0630. The summed E-state index contributed by atoms with van der Waals surface area (Å²) in [5, 5.41) is 3.32. The Kier molecular flexibility index (Phi) is 5.07. The molecule has 1 aliphatic rings. The van der Waals surface area contributed by atoms with E-state index in [1.807, 2.05) is 7.05 Å². The molecular weight excluding hydrogens is 262 g/mol. The first-order valence-corrected chi connectivity index (χ1v) is 6.99. The zero-order valence-electron chi connectivity index (χ0n) is 12.2. The summed E-state index contributed by atoms with van der Waals surface area (Å²) in [6.07, 6.45) is -0.142. The number of nitrogens with one attached hydrogen (secondary N) is 1. The molecule has 20 heavy (non-hydrogen) atoms. The first-order valence-electron chi connectivity index (χ1n) is 6.99. The summed E-state index contributed by atoms with van der Waals surface area (Å²) in [7, 11) is 1.94. The van der Waals surface area contributed by atoms with Crippen LogP contribution in [0.5, 0.6) is 0 Å². The smallest absolute Gasteiger partial charge is 0.131 e. The molecule has 1 N–H and O–H groups in total. The third-order valence-electron chi connectivity index (χ3n) is 3.61. The van der Waals surface area contributed by atoms with Gasteiger partial charge in [0, 0.05) is 30.8 Å². The van der Waals surface area contributed by atoms with Gasteiger partial charge in [0.05, 0.1) is 18.8 Å². The Balaban J connectivity index is 2.22. The van der Waals surface area contributed by atoms with Crippen molar-refractivity contribution in [2.45, 2.75) is 32.0 Å². The summed E-state index contributed by atoms with van der Waals surface area (Å²) in [4.78, 5) is 2.06. The van der Waals surface area contributed by atoms with Crippen molar-refractivity contribution < 1.29 is 13.5 Å². The van der Waals surface area contributed by atoms with Gasteiger partial charge in [0.15, 0.2) is 0 Å². The number of benzene rings is 1. The minimum atomic E-state index is -0.553. The highest BCUT2D eigenvalue weighted by Crippen LogP contribution is 2.30. The van der Waals surface area contributed by atoms with E-state index in [-0.39, 0.29) is 12.1 Å². The normalized spacial score (nSPS) is 24.3. The number of likely N-dealkylation sites (N-methyl/N-ethyl adjacent to an activating group) is 1. The molecule has 0 aromatic heterocycles. The predicted octanol–water partition coefficient (Wildman–Crippen LogP) is 2.33. The van der Waals surface area contributed by atoms with Crippen LogP contribution < -0.4 is 5.32 Å². The molecule has 0 aliphatic carbocycles. The van der Waals surface area contributed by atoms with Crippen LogP contribution in [0.3, 0.4) is 0 Å². The maximum atomic E-state index is 14.0. The van der Waals surface area contributed by atoms with Crippen LogP contribution in [0.4, 0.5) is 8.78 Å². The fourth-order valence-corrected chi connectivity index (χ4v) is 2.56. The van der Waals surface area contributed by atoms with E-state index in [0.29, 0.717) is 24.8 Å². The standard InChI is InChI=1S/C15H22F2N2O/c1-10(2)18-9-14-15(19(3)6-7-20-14)12-5-4-11(16)8-13(12)17/h4-5,8,10,14-15,18H,6-7,9H2,1-3H3. The molecule has 1 aromatic rings. The van der Waals surface area contributed by atoms with Gasteiger partial charge in [0.25, 0.3) is 0 Å². The van der Waals surface area contributed by atoms with Gasteiger partial charge in [-0.15, -0.1) is 0 Å². The molecule has 1 aromatic carbocycles. The zero-order valence-corrected chi connectivity index (χ0v) is 12.2. The van der Waals surface area contributed by atoms with Crippen molar-refractivity contribution in [2.75, 3.05) is 26.7 Å². The molecule has 0 radical (unpaired) electrons. The number of ether oxygens (including phenoxy) is 1. The Morgan fingerprint density at radius 1 is 1.40 bits per heavy atom. The third-order valence-corrected chi connectivity index (χ3v) is 3.61. The minimum absolute atomic E-state index is 0.142. The SMILES string of the molecule is CC(C)NCC1OCCN(C)C1c1ccc(F)cc1F. The molecule has 1 heterocycles. The van der Waals surface area contributed by atoms with Crippen molar-refractivity contribution in [1.29, 1.82) is 0 Å². The number of rotatable bonds is 4. The average molecular weight is 284 g/mol. The van der Waals surface area contributed by atoms with E-state index in [1.165, 1.54) is 12.1 Å². The number of hydrogen-bond donors (Lipinski definition) is 1. The maximum Gasteiger partial charge on any atom is 0.131 e. The quantitative estimate of drug-likeness (QED) is 0.918. The van der Waals surface area contributed by atoms with Crippen molar-refractivity contribution in [2.24, 2.45) is 0 Å². The van der Waals surface area contributed by atoms with Crippen LogP contribution in [0.1, 0.15) is 25.5 Å². The molecule has 0 saturated carbocycles. The van der Waals surface area contributed by atoms with E-state index in [1.54, 1.807) is 0 Å². The molecule has 2 unspecified atom stereocenters. The second-order valence-corrected chi connectivity index (χ2v) is 5.56. The molecule has 3 nitrogen and oxygen atoms in total. The summed E-state index contributed by atoms with van der Waals surface area (Å²) in [5.74, 6) is -1.07. The van der Waals surface area contributed by atoms with E-state index in [4.69, 9.17) is 4.74 Å². The second kappa shape index (κ2) is 6.61. The Hall–Kier alpha value is -1.04. The van der Waals surface area contributed by atoms with Gasteiger partial charge in [-0.1, -0.05) is 19.9 Å². The number of halogens is 2. The minimum Gasteiger partial charge on any atom is -0.374 e. The fourth-order valence-electron chi connectivity index (χ4n) is 2.56. The highest BCUT2D eigenvalue weighted by molar-refractivity contribution is 5.24. The van der Waals surface area contributed by atoms with Crippen molar-refractivity contribution in [3.05, 3.63) is 35.4 Å². The van der Waals surface area contributed by atoms with Gasteiger partial charge in [-0.05, 0) is 13.1 Å². The fraction of sp³-hybridized carbons (Fsp3) is 0.600. The van der Waals surface area contributed by atoms with Crippen LogP contribution in [0.25, 0.3) is 0 Å². The predicted molar refractivity (Wildman–Crippen MR) is 74.6 cm³/mol. The van der Waals surface area contributed by atoms with Crippen molar-refractivity contribution >= 4 is 0 Å². The van der Waals surface area contributed by atoms with E-state index >= 15 is 0 Å². The van der Waals surface area contributed by atoms with Crippen LogP contribution >= 0.6 is 0 Å². The van der Waals surface area contributed by atoms with Gasteiger partial charge in [-0.25, -0.2) is 8.78 Å². The summed E-state index contributed by atoms with van der Waals surface area (Å²) in [6, 6.07) is 3.89. The van der Waals surface area contributed by atoms with Crippen LogP contribution in [-0.2, 0) is 4.74 Å². The largest absolute Gasteiger partial charge is 0.374 e. The monoisotopic (exact) mass is 284 g/mol. The third kappa shape index (κ3) is 3.53. The van der Waals surface area contributed by atoms with Gasteiger partial charge >= 0.3 is 0 Å². The molecular formula is C15H22F2N2O.